The van der Waals surface area contributed by atoms with Crippen LogP contribution in [-0.4, -0.2) is 54.5 Å². The molecule has 2 aliphatic heterocycles. The smallest absolute Gasteiger partial charge is 0.220 e. The van der Waals surface area contributed by atoms with Gasteiger partial charge in [0.2, 0.25) is 5.91 Å². The van der Waals surface area contributed by atoms with E-state index in [-0.39, 0.29) is 11.8 Å². The summed E-state index contributed by atoms with van der Waals surface area (Å²) in [4.78, 5) is 16.2. The van der Waals surface area contributed by atoms with Crippen LogP contribution in [0.1, 0.15) is 32.6 Å². The van der Waals surface area contributed by atoms with E-state index in [1.165, 1.54) is 32.5 Å². The maximum absolute atomic E-state index is 11.1. The van der Waals surface area contributed by atoms with Crippen molar-refractivity contribution in [1.82, 2.24) is 9.80 Å². The Labute approximate surface area is 104 Å². The van der Waals surface area contributed by atoms with Gasteiger partial charge < -0.3 is 15.5 Å². The van der Waals surface area contributed by atoms with Gasteiger partial charge in [-0.1, -0.05) is 6.92 Å². The van der Waals surface area contributed by atoms with Crippen molar-refractivity contribution in [1.29, 1.82) is 0 Å². The average Bonchev–Trinajstić information content (AvgIpc) is 2.39. The van der Waals surface area contributed by atoms with Crippen LogP contribution in [0, 0.1) is 5.92 Å². The van der Waals surface area contributed by atoms with E-state index in [1.54, 1.807) is 0 Å². The van der Waals surface area contributed by atoms with E-state index in [1.807, 2.05) is 0 Å². The number of nitrogens with two attached hydrogens (primary N) is 1. The molecule has 4 nitrogen and oxygen atoms in total. The first-order valence-corrected chi connectivity index (χ1v) is 6.96. The van der Waals surface area contributed by atoms with Gasteiger partial charge in [0.05, 0.1) is 0 Å². The first kappa shape index (κ1) is 12.8. The number of hydrogen-bond acceptors (Lipinski definition) is 3. The maximum atomic E-state index is 11.1. The van der Waals surface area contributed by atoms with E-state index in [9.17, 15) is 4.79 Å². The molecule has 1 amide bonds. The Morgan fingerprint density at radius 1 is 1.12 bits per heavy atom. The molecule has 2 aliphatic rings. The summed E-state index contributed by atoms with van der Waals surface area (Å²) in [5.74, 6) is 0.0208. The average molecular weight is 239 g/mol. The third-order valence-corrected chi connectivity index (χ3v) is 4.45. The summed E-state index contributed by atoms with van der Waals surface area (Å²) in [7, 11) is 0. The van der Waals surface area contributed by atoms with Crippen molar-refractivity contribution in [2.24, 2.45) is 11.7 Å². The molecule has 2 fully saturated rings. The van der Waals surface area contributed by atoms with Crippen LogP contribution in [0.15, 0.2) is 0 Å². The molecule has 0 spiro atoms. The van der Waals surface area contributed by atoms with Gasteiger partial charge in [0.1, 0.15) is 0 Å². The third-order valence-electron chi connectivity index (χ3n) is 4.45. The third kappa shape index (κ3) is 3.19. The number of primary amides is 1. The molecule has 98 valence electrons. The molecule has 0 aliphatic carbocycles. The second-order valence-corrected chi connectivity index (χ2v) is 5.38. The van der Waals surface area contributed by atoms with Gasteiger partial charge in [-0.3, -0.25) is 4.79 Å². The summed E-state index contributed by atoms with van der Waals surface area (Å²) >= 11 is 0. The maximum Gasteiger partial charge on any atom is 0.220 e. The molecule has 0 saturated carbocycles. The Morgan fingerprint density at radius 2 is 1.71 bits per heavy atom. The number of amides is 1. The molecule has 0 aromatic carbocycles. The zero-order chi connectivity index (χ0) is 12.3. The SMILES string of the molecule is CCN1CCC(N2CCC(C(N)=O)CC2)CC1. The molecule has 0 radical (unpaired) electrons. The summed E-state index contributed by atoms with van der Waals surface area (Å²) in [6.07, 6.45) is 4.50. The lowest BCUT2D eigenvalue weighted by Crippen LogP contribution is -2.48. The number of rotatable bonds is 3. The van der Waals surface area contributed by atoms with Crippen LogP contribution in [-0.2, 0) is 4.79 Å². The molecule has 17 heavy (non-hydrogen) atoms. The highest BCUT2D eigenvalue weighted by atomic mass is 16.1. The van der Waals surface area contributed by atoms with E-state index in [0.29, 0.717) is 0 Å². The highest BCUT2D eigenvalue weighted by Gasteiger charge is 2.29. The monoisotopic (exact) mass is 239 g/mol. The van der Waals surface area contributed by atoms with Crippen molar-refractivity contribution >= 4 is 5.91 Å². The molecular formula is C13H25N3O. The highest BCUT2D eigenvalue weighted by molar-refractivity contribution is 5.76. The Balaban J connectivity index is 1.76. The Hall–Kier alpha value is -0.610. The van der Waals surface area contributed by atoms with Gasteiger partial charge >= 0.3 is 0 Å². The summed E-state index contributed by atoms with van der Waals surface area (Å²) in [6, 6.07) is 0.742. The van der Waals surface area contributed by atoms with Crippen molar-refractivity contribution in [2.75, 3.05) is 32.7 Å². The van der Waals surface area contributed by atoms with Crippen molar-refractivity contribution in [3.05, 3.63) is 0 Å². The van der Waals surface area contributed by atoms with E-state index >= 15 is 0 Å². The molecular weight excluding hydrogens is 214 g/mol. The minimum Gasteiger partial charge on any atom is -0.369 e. The highest BCUT2D eigenvalue weighted by Crippen LogP contribution is 2.23. The van der Waals surface area contributed by atoms with Crippen LogP contribution in [0.4, 0.5) is 0 Å². The van der Waals surface area contributed by atoms with E-state index in [4.69, 9.17) is 5.73 Å². The number of carbonyl (C=O) groups excluding carboxylic acids is 1. The van der Waals surface area contributed by atoms with Crippen molar-refractivity contribution in [2.45, 2.75) is 38.6 Å². The van der Waals surface area contributed by atoms with Gasteiger partial charge in [-0.05, 0) is 58.4 Å². The standard InChI is InChI=1S/C13H25N3O/c1-2-15-7-5-12(6-8-15)16-9-3-11(4-10-16)13(14)17/h11-12H,2-10H2,1H3,(H2,14,17). The number of carbonyl (C=O) groups is 1. The van der Waals surface area contributed by atoms with Crippen LogP contribution < -0.4 is 5.73 Å². The normalized spacial score (nSPS) is 26.2. The molecule has 2 rings (SSSR count). The summed E-state index contributed by atoms with van der Waals surface area (Å²) in [5, 5.41) is 0. The Bertz CT molecular complexity index is 253. The van der Waals surface area contributed by atoms with Gasteiger partial charge in [0, 0.05) is 12.0 Å². The second-order valence-electron chi connectivity index (χ2n) is 5.38. The van der Waals surface area contributed by atoms with Crippen LogP contribution in [0.5, 0.6) is 0 Å². The lowest BCUT2D eigenvalue weighted by Gasteiger charge is -2.41. The second kappa shape index (κ2) is 5.83. The lowest BCUT2D eigenvalue weighted by molar-refractivity contribution is -0.123. The van der Waals surface area contributed by atoms with E-state index in [0.717, 1.165) is 32.0 Å². The van der Waals surface area contributed by atoms with Gasteiger partial charge in [-0.25, -0.2) is 0 Å². The molecule has 0 atom stereocenters. The fourth-order valence-corrected chi connectivity index (χ4v) is 3.15. The molecule has 4 heteroatoms. The predicted octanol–water partition coefficient (Wildman–Crippen LogP) is 0.668. The van der Waals surface area contributed by atoms with Crippen molar-refractivity contribution < 1.29 is 4.79 Å². The predicted molar refractivity (Wildman–Crippen MR) is 68.6 cm³/mol. The quantitative estimate of drug-likeness (QED) is 0.787. The molecule has 0 bridgehead atoms. The molecule has 2 saturated heterocycles. The van der Waals surface area contributed by atoms with Gasteiger partial charge in [-0.2, -0.15) is 0 Å². The molecule has 2 N–H and O–H groups in total. The largest absolute Gasteiger partial charge is 0.369 e. The number of piperidine rings is 2. The van der Waals surface area contributed by atoms with Crippen LogP contribution in [0.25, 0.3) is 0 Å². The Kier molecular flexibility index (Phi) is 4.40. The minimum atomic E-state index is -0.106. The zero-order valence-corrected chi connectivity index (χ0v) is 10.9. The number of likely N-dealkylation sites (tertiary alicyclic amines) is 2. The summed E-state index contributed by atoms with van der Waals surface area (Å²) in [6.45, 7) is 8.00. The minimum absolute atomic E-state index is 0.106. The zero-order valence-electron chi connectivity index (χ0n) is 10.9. The molecule has 0 aromatic heterocycles. The fourth-order valence-electron chi connectivity index (χ4n) is 3.15. The molecule has 0 aromatic rings. The van der Waals surface area contributed by atoms with E-state index in [2.05, 4.69) is 16.7 Å². The molecule has 2 heterocycles. The number of hydrogen-bond donors (Lipinski definition) is 1. The summed E-state index contributed by atoms with van der Waals surface area (Å²) in [5.41, 5.74) is 5.36. The van der Waals surface area contributed by atoms with Gasteiger partial charge in [0.25, 0.3) is 0 Å². The van der Waals surface area contributed by atoms with Crippen LogP contribution in [0.2, 0.25) is 0 Å². The van der Waals surface area contributed by atoms with Gasteiger partial charge in [-0.15, -0.1) is 0 Å². The Morgan fingerprint density at radius 3 is 2.18 bits per heavy atom. The fraction of sp³-hybridized carbons (Fsp3) is 0.923. The van der Waals surface area contributed by atoms with Gasteiger partial charge in [0.15, 0.2) is 0 Å². The van der Waals surface area contributed by atoms with Crippen LogP contribution in [0.3, 0.4) is 0 Å². The van der Waals surface area contributed by atoms with Crippen LogP contribution >= 0.6 is 0 Å². The summed E-state index contributed by atoms with van der Waals surface area (Å²) < 4.78 is 0. The van der Waals surface area contributed by atoms with Crippen molar-refractivity contribution in [3.63, 3.8) is 0 Å². The van der Waals surface area contributed by atoms with E-state index < -0.39 is 0 Å². The number of nitrogens with zero attached hydrogens (tertiary/aromatic N) is 2. The van der Waals surface area contributed by atoms with Crippen molar-refractivity contribution in [3.8, 4) is 0 Å². The topological polar surface area (TPSA) is 49.6 Å². The first-order chi connectivity index (χ1) is 8.20. The first-order valence-electron chi connectivity index (χ1n) is 6.96. The lowest BCUT2D eigenvalue weighted by atomic mass is 9.93. The molecule has 0 unspecified atom stereocenters.